The van der Waals surface area contributed by atoms with E-state index in [4.69, 9.17) is 0 Å². The minimum absolute atomic E-state index is 0.0898. The lowest BCUT2D eigenvalue weighted by atomic mass is 10.1. The van der Waals surface area contributed by atoms with Crippen molar-refractivity contribution in [3.8, 4) is 0 Å². The van der Waals surface area contributed by atoms with Crippen LogP contribution in [0.25, 0.3) is 4.96 Å². The van der Waals surface area contributed by atoms with Crippen molar-refractivity contribution in [2.24, 2.45) is 0 Å². The summed E-state index contributed by atoms with van der Waals surface area (Å²) in [6.07, 6.45) is -3.98. The predicted octanol–water partition coefficient (Wildman–Crippen LogP) is 3.33. The SMILES string of the molecule is CCc1cccc(C)c1NC(=O)c1nn2c(C(F)(F)F)nnc2s1. The van der Waals surface area contributed by atoms with Crippen molar-refractivity contribution in [3.63, 3.8) is 0 Å². The van der Waals surface area contributed by atoms with Gasteiger partial charge in [-0.15, -0.1) is 15.3 Å². The van der Waals surface area contributed by atoms with Crippen molar-refractivity contribution in [1.29, 1.82) is 0 Å². The van der Waals surface area contributed by atoms with E-state index in [-0.39, 0.29) is 9.97 Å². The molecule has 10 heteroatoms. The number of hydrogen-bond acceptors (Lipinski definition) is 5. The molecule has 1 amide bonds. The number of anilines is 1. The Kier molecular flexibility index (Phi) is 3.99. The Balaban J connectivity index is 1.94. The highest BCUT2D eigenvalue weighted by atomic mass is 32.1. The highest BCUT2D eigenvalue weighted by Crippen LogP contribution is 2.29. The molecule has 6 nitrogen and oxygen atoms in total. The Morgan fingerprint density at radius 2 is 2.08 bits per heavy atom. The molecule has 3 aromatic rings. The van der Waals surface area contributed by atoms with Crippen LogP contribution in [0.1, 0.15) is 33.7 Å². The van der Waals surface area contributed by atoms with Crippen LogP contribution in [-0.2, 0) is 12.6 Å². The molecule has 0 aliphatic carbocycles. The highest BCUT2D eigenvalue weighted by molar-refractivity contribution is 7.18. The fourth-order valence-corrected chi connectivity index (χ4v) is 2.99. The van der Waals surface area contributed by atoms with Gasteiger partial charge in [-0.1, -0.05) is 36.5 Å². The normalized spacial score (nSPS) is 11.9. The number of nitrogens with one attached hydrogen (secondary N) is 1. The molecular weight excluding hydrogens is 343 g/mol. The summed E-state index contributed by atoms with van der Waals surface area (Å²) in [5.74, 6) is -1.83. The summed E-state index contributed by atoms with van der Waals surface area (Å²) >= 11 is 0.747. The van der Waals surface area contributed by atoms with Gasteiger partial charge in [0.1, 0.15) is 0 Å². The van der Waals surface area contributed by atoms with Gasteiger partial charge in [0.2, 0.25) is 9.97 Å². The van der Waals surface area contributed by atoms with E-state index in [1.165, 1.54) is 0 Å². The third-order valence-corrected chi connectivity index (χ3v) is 4.31. The van der Waals surface area contributed by atoms with E-state index in [1.54, 1.807) is 0 Å². The number of aryl methyl sites for hydroxylation is 2. The van der Waals surface area contributed by atoms with Crippen molar-refractivity contribution >= 4 is 27.9 Å². The minimum atomic E-state index is -4.69. The summed E-state index contributed by atoms with van der Waals surface area (Å²) in [5, 5.41) is 12.8. The summed E-state index contributed by atoms with van der Waals surface area (Å²) < 4.78 is 38.9. The molecule has 3 rings (SSSR count). The van der Waals surface area contributed by atoms with Crippen LogP contribution in [0.4, 0.5) is 18.9 Å². The number of rotatable bonds is 3. The van der Waals surface area contributed by atoms with Gasteiger partial charge in [-0.05, 0) is 24.5 Å². The van der Waals surface area contributed by atoms with E-state index < -0.39 is 17.9 Å². The maximum absolute atomic E-state index is 12.8. The number of carbonyl (C=O) groups is 1. The number of benzene rings is 1. The van der Waals surface area contributed by atoms with Gasteiger partial charge in [-0.2, -0.15) is 17.7 Å². The Bertz CT molecular complexity index is 915. The van der Waals surface area contributed by atoms with Crippen LogP contribution in [0.15, 0.2) is 18.2 Å². The number of alkyl halides is 3. The number of aromatic nitrogens is 4. The van der Waals surface area contributed by atoms with E-state index >= 15 is 0 Å². The lowest BCUT2D eigenvalue weighted by molar-refractivity contribution is -0.146. The third kappa shape index (κ3) is 2.84. The molecular formula is C14H12F3N5OS. The molecule has 0 unspecified atom stereocenters. The second-order valence-electron chi connectivity index (χ2n) is 5.04. The highest BCUT2D eigenvalue weighted by Gasteiger charge is 2.38. The molecule has 126 valence electrons. The number of fused-ring (bicyclic) bond motifs is 1. The number of nitrogens with zero attached hydrogens (tertiary/aromatic N) is 4. The first-order chi connectivity index (χ1) is 11.3. The van der Waals surface area contributed by atoms with Gasteiger partial charge < -0.3 is 5.32 Å². The lowest BCUT2D eigenvalue weighted by Crippen LogP contribution is -2.16. The van der Waals surface area contributed by atoms with E-state index in [0.29, 0.717) is 16.6 Å². The minimum Gasteiger partial charge on any atom is -0.319 e. The molecule has 2 aromatic heterocycles. The van der Waals surface area contributed by atoms with Crippen LogP contribution in [0.3, 0.4) is 0 Å². The molecule has 1 N–H and O–H groups in total. The van der Waals surface area contributed by atoms with Crippen molar-refractivity contribution in [1.82, 2.24) is 19.8 Å². The van der Waals surface area contributed by atoms with E-state index in [9.17, 15) is 18.0 Å². The molecule has 0 aliphatic heterocycles. The topological polar surface area (TPSA) is 72.2 Å². The summed E-state index contributed by atoms with van der Waals surface area (Å²) in [4.78, 5) is 12.3. The maximum Gasteiger partial charge on any atom is 0.453 e. The van der Waals surface area contributed by atoms with Crippen molar-refractivity contribution in [2.45, 2.75) is 26.4 Å². The third-order valence-electron chi connectivity index (χ3n) is 3.42. The Hall–Kier alpha value is -2.49. The van der Waals surface area contributed by atoms with Crippen LogP contribution < -0.4 is 5.32 Å². The molecule has 2 heterocycles. The first-order valence-electron chi connectivity index (χ1n) is 7.00. The molecule has 1 aromatic carbocycles. The van der Waals surface area contributed by atoms with Gasteiger partial charge in [0, 0.05) is 5.69 Å². The van der Waals surface area contributed by atoms with Crippen LogP contribution >= 0.6 is 11.3 Å². The van der Waals surface area contributed by atoms with Gasteiger partial charge in [-0.3, -0.25) is 4.79 Å². The summed E-state index contributed by atoms with van der Waals surface area (Å²) in [6.45, 7) is 3.79. The maximum atomic E-state index is 12.8. The standard InChI is InChI=1S/C14H12F3N5OS/c1-3-8-6-4-5-7(2)9(8)18-10(23)11-21-22-12(14(15,16)17)19-20-13(22)24-11/h4-6H,3H2,1-2H3,(H,18,23). The van der Waals surface area contributed by atoms with Gasteiger partial charge in [-0.25, -0.2) is 0 Å². The van der Waals surface area contributed by atoms with Crippen molar-refractivity contribution in [2.75, 3.05) is 5.32 Å². The van der Waals surface area contributed by atoms with E-state index in [0.717, 1.165) is 22.5 Å². The zero-order chi connectivity index (χ0) is 17.5. The van der Waals surface area contributed by atoms with Gasteiger partial charge >= 0.3 is 6.18 Å². The van der Waals surface area contributed by atoms with E-state index in [1.807, 2.05) is 32.0 Å². The van der Waals surface area contributed by atoms with Crippen LogP contribution in [0.5, 0.6) is 0 Å². The molecule has 0 saturated heterocycles. The Labute approximate surface area is 138 Å². The monoisotopic (exact) mass is 355 g/mol. The average Bonchev–Trinajstić information content (AvgIpc) is 3.08. The molecule has 0 saturated carbocycles. The molecule has 0 radical (unpaired) electrons. The number of para-hydroxylation sites is 1. The van der Waals surface area contributed by atoms with Gasteiger partial charge in [0.15, 0.2) is 0 Å². The molecule has 24 heavy (non-hydrogen) atoms. The van der Waals surface area contributed by atoms with Crippen LogP contribution in [0.2, 0.25) is 0 Å². The predicted molar refractivity (Wildman–Crippen MR) is 82.2 cm³/mol. The van der Waals surface area contributed by atoms with Gasteiger partial charge in [0.25, 0.3) is 11.7 Å². The Morgan fingerprint density at radius 1 is 1.33 bits per heavy atom. The first kappa shape index (κ1) is 16.4. The van der Waals surface area contributed by atoms with Crippen molar-refractivity contribution in [3.05, 3.63) is 40.2 Å². The van der Waals surface area contributed by atoms with Crippen molar-refractivity contribution < 1.29 is 18.0 Å². The lowest BCUT2D eigenvalue weighted by Gasteiger charge is -2.11. The molecule has 0 atom stereocenters. The number of carbonyl (C=O) groups excluding carboxylic acids is 1. The first-order valence-corrected chi connectivity index (χ1v) is 7.82. The number of amides is 1. The zero-order valence-corrected chi connectivity index (χ0v) is 13.5. The quantitative estimate of drug-likeness (QED) is 0.782. The van der Waals surface area contributed by atoms with Gasteiger partial charge in [0.05, 0.1) is 0 Å². The molecule has 0 bridgehead atoms. The second kappa shape index (κ2) is 5.86. The molecule has 0 aliphatic rings. The summed E-state index contributed by atoms with van der Waals surface area (Å²) in [5.41, 5.74) is 2.44. The second-order valence-corrected chi connectivity index (χ2v) is 6.00. The van der Waals surface area contributed by atoms with Crippen LogP contribution in [-0.4, -0.2) is 25.7 Å². The Morgan fingerprint density at radius 3 is 2.75 bits per heavy atom. The number of hydrogen-bond donors (Lipinski definition) is 1. The smallest absolute Gasteiger partial charge is 0.319 e. The van der Waals surface area contributed by atoms with E-state index in [2.05, 4.69) is 20.6 Å². The molecule has 0 fully saturated rings. The fourth-order valence-electron chi connectivity index (χ4n) is 2.25. The number of halogens is 3. The van der Waals surface area contributed by atoms with Crippen LogP contribution in [0, 0.1) is 6.92 Å². The zero-order valence-electron chi connectivity index (χ0n) is 12.7. The summed E-state index contributed by atoms with van der Waals surface area (Å²) in [6, 6.07) is 5.60. The molecule has 0 spiro atoms. The fraction of sp³-hybridized carbons (Fsp3) is 0.286. The average molecular weight is 355 g/mol. The summed E-state index contributed by atoms with van der Waals surface area (Å²) in [7, 11) is 0. The largest absolute Gasteiger partial charge is 0.453 e.